The lowest BCUT2D eigenvalue weighted by atomic mass is 9.49. The molecule has 0 unspecified atom stereocenters. The van der Waals surface area contributed by atoms with Crippen molar-refractivity contribution in [2.75, 3.05) is 39.1 Å². The fraction of sp³-hybridized carbons (Fsp3) is 0.429. The van der Waals surface area contributed by atoms with E-state index in [1.165, 1.54) is 9.36 Å². The first kappa shape index (κ1) is 33.3. The Morgan fingerprint density at radius 2 is 1.81 bits per heavy atom. The molecule has 0 aliphatic rings. The highest BCUT2D eigenvalue weighted by Gasteiger charge is 2.30. The molecule has 2 N–H and O–H groups in total. The summed E-state index contributed by atoms with van der Waals surface area (Å²) in [5.41, 5.74) is -0.0292. The monoisotopic (exact) mass is 630 g/mol. The van der Waals surface area contributed by atoms with Crippen LogP contribution in [0, 0.1) is 5.41 Å². The van der Waals surface area contributed by atoms with Crippen LogP contribution in [-0.2, 0) is 16.5 Å². The number of benzene rings is 1. The van der Waals surface area contributed by atoms with E-state index in [1.54, 1.807) is 43.5 Å². The zero-order chi connectivity index (χ0) is 31.2. The number of aromatic nitrogens is 3. The van der Waals surface area contributed by atoms with Crippen molar-refractivity contribution in [2.45, 2.75) is 38.8 Å². The molecule has 2 heterocycles. The molecule has 1 aromatic carbocycles. The van der Waals surface area contributed by atoms with Gasteiger partial charge in [0.05, 0.1) is 41.5 Å². The lowest BCUT2D eigenvalue weighted by Crippen LogP contribution is -2.42. The van der Waals surface area contributed by atoms with E-state index < -0.39 is 22.1 Å². The van der Waals surface area contributed by atoms with Gasteiger partial charge in [0.15, 0.2) is 0 Å². The molecule has 2 amide bonds. The van der Waals surface area contributed by atoms with E-state index >= 15 is 0 Å². The van der Waals surface area contributed by atoms with Crippen molar-refractivity contribution in [3.63, 3.8) is 0 Å². The fourth-order valence-electron chi connectivity index (χ4n) is 4.38. The van der Waals surface area contributed by atoms with E-state index in [0.717, 1.165) is 0 Å². The maximum atomic E-state index is 13.8. The van der Waals surface area contributed by atoms with Gasteiger partial charge >= 0.3 is 0 Å². The third kappa shape index (κ3) is 8.41. The van der Waals surface area contributed by atoms with Gasteiger partial charge in [-0.25, -0.2) is 9.67 Å². The van der Waals surface area contributed by atoms with Crippen LogP contribution in [0.3, 0.4) is 0 Å². The second-order valence-corrected chi connectivity index (χ2v) is 12.0. The van der Waals surface area contributed by atoms with E-state index in [2.05, 4.69) is 31.5 Å². The Kier molecular flexibility index (Phi) is 10.9. The number of hydrogen-bond acceptors (Lipinski definition) is 6. The number of nitrogens with zero attached hydrogens (tertiary/aromatic N) is 4. The average molecular weight is 631 g/mol. The third-order valence-corrected chi connectivity index (χ3v) is 6.72. The minimum atomic E-state index is -1.94. The van der Waals surface area contributed by atoms with Crippen molar-refractivity contribution in [1.82, 2.24) is 24.6 Å². The number of para-hydroxylation sites is 1. The van der Waals surface area contributed by atoms with Crippen molar-refractivity contribution < 1.29 is 14.3 Å². The fourth-order valence-corrected chi connectivity index (χ4v) is 4.71. The summed E-state index contributed by atoms with van der Waals surface area (Å²) in [5.74, 6) is -0.598. The third-order valence-electron chi connectivity index (χ3n) is 6.29. The molecule has 2 aromatic heterocycles. The number of carbonyl (C=O) groups excluding carboxylic acids is 2. The summed E-state index contributed by atoms with van der Waals surface area (Å²) in [5, 5.41) is 3.71. The number of halogens is 1. The molecule has 14 heteroatoms. The van der Waals surface area contributed by atoms with E-state index in [-0.39, 0.29) is 36.0 Å². The molecule has 0 saturated carbocycles. The molecule has 3 aromatic rings. The topological polar surface area (TPSA) is 110 Å². The molecule has 6 radical (unpaired) electrons. The number of anilines is 1. The lowest BCUT2D eigenvalue weighted by molar-refractivity contribution is -0.118. The molecule has 42 heavy (non-hydrogen) atoms. The van der Waals surface area contributed by atoms with Gasteiger partial charge in [0.1, 0.15) is 11.3 Å². The number of hydrogen-bond donors (Lipinski definition) is 2. The molecule has 216 valence electrons. The molecular weight excluding hydrogens is 597 g/mol. The number of carbonyl (C=O) groups is 2. The minimum absolute atomic E-state index is 0.00950. The highest BCUT2D eigenvalue weighted by atomic mass is 79.9. The molecule has 0 saturated heterocycles. The van der Waals surface area contributed by atoms with Gasteiger partial charge in [0.2, 0.25) is 11.8 Å². The molecule has 0 fully saturated rings. The predicted molar refractivity (Wildman–Crippen MR) is 170 cm³/mol. The van der Waals surface area contributed by atoms with Gasteiger partial charge in [-0.05, 0) is 65.8 Å². The summed E-state index contributed by atoms with van der Waals surface area (Å²) < 4.78 is 8.70. The first-order chi connectivity index (χ1) is 19.6. The first-order valence-electron chi connectivity index (χ1n) is 13.4. The maximum absolute atomic E-state index is 13.8. The summed E-state index contributed by atoms with van der Waals surface area (Å²) >= 11 is 3.33. The summed E-state index contributed by atoms with van der Waals surface area (Å²) in [7, 11) is 22.2. The number of nitrogens with one attached hydrogen (secondary N) is 2. The average Bonchev–Trinajstić information content (AvgIpc) is 3.18. The number of pyridine rings is 1. The molecule has 0 bridgehead atoms. The highest BCUT2D eigenvalue weighted by Crippen LogP contribution is 2.25. The van der Waals surface area contributed by atoms with Gasteiger partial charge in [-0.1, -0.05) is 32.0 Å². The predicted octanol–water partition coefficient (Wildman–Crippen LogP) is 2.16. The van der Waals surface area contributed by atoms with Gasteiger partial charge in [-0.15, -0.1) is 0 Å². The van der Waals surface area contributed by atoms with Crippen LogP contribution in [0.25, 0.3) is 5.69 Å². The van der Waals surface area contributed by atoms with Crippen LogP contribution in [0.1, 0.15) is 43.2 Å². The summed E-state index contributed by atoms with van der Waals surface area (Å²) in [6.45, 7) is 6.52. The standard InChI is InChI=1S/C28H34B3BrN6O4/c1-6-42-25-20(14-18(32)16-33-25)24(40)34-17-27(2,3)15-22(39)35-23-21(12-13-36(4)5)38(28(29,30)31)37(26(23)41)19-10-8-7-9-11-19/h7-11,14,16H,6,12-13,15,17H2,1-5H3,(H,34,40)(H,35,39). The summed E-state index contributed by atoms with van der Waals surface area (Å²) in [6, 6.07) is 10.4. The number of ether oxygens (including phenoxy) is 1. The SMILES string of the molecule is [B]C([B])([B])n1c(CCN(C)C)c(NC(=O)CC(C)(C)CNC(=O)c2cc(Br)cnc2OCC)c(=O)n1-c1ccccc1. The van der Waals surface area contributed by atoms with Crippen molar-refractivity contribution >= 4 is 57.0 Å². The van der Waals surface area contributed by atoms with Crippen LogP contribution in [0.5, 0.6) is 5.88 Å². The zero-order valence-electron chi connectivity index (χ0n) is 24.6. The van der Waals surface area contributed by atoms with Gasteiger partial charge in [-0.2, -0.15) is 0 Å². The molecule has 0 atom stereocenters. The number of likely N-dealkylation sites (N-methyl/N-ethyl adjacent to an activating group) is 1. The smallest absolute Gasteiger partial charge is 0.295 e. The summed E-state index contributed by atoms with van der Waals surface area (Å²) in [6.07, 6.45) is 1.86. The Balaban J connectivity index is 1.87. The molecule has 3 rings (SSSR count). The van der Waals surface area contributed by atoms with E-state index in [0.29, 0.717) is 35.4 Å². The lowest BCUT2D eigenvalue weighted by Gasteiger charge is -2.30. The quantitative estimate of drug-likeness (QED) is 0.280. The van der Waals surface area contributed by atoms with Crippen LogP contribution in [0.4, 0.5) is 5.69 Å². The Hall–Kier alpha value is -3.25. The van der Waals surface area contributed by atoms with Gasteiger partial charge in [0.25, 0.3) is 11.5 Å². The van der Waals surface area contributed by atoms with Crippen LogP contribution in [0.15, 0.2) is 51.9 Å². The molecule has 0 aliphatic carbocycles. The van der Waals surface area contributed by atoms with E-state index in [1.807, 2.05) is 38.9 Å². The van der Waals surface area contributed by atoms with Crippen molar-refractivity contribution in [2.24, 2.45) is 5.41 Å². The minimum Gasteiger partial charge on any atom is -0.477 e. The highest BCUT2D eigenvalue weighted by molar-refractivity contribution is 9.10. The first-order valence-corrected chi connectivity index (χ1v) is 14.2. The van der Waals surface area contributed by atoms with Crippen molar-refractivity contribution in [3.8, 4) is 11.6 Å². The second kappa shape index (κ2) is 13.8. The second-order valence-electron chi connectivity index (χ2n) is 11.0. The van der Waals surface area contributed by atoms with E-state index in [4.69, 9.17) is 28.3 Å². The summed E-state index contributed by atoms with van der Waals surface area (Å²) in [4.78, 5) is 46.2. The molecule has 0 spiro atoms. The van der Waals surface area contributed by atoms with Crippen molar-refractivity contribution in [1.29, 1.82) is 0 Å². The van der Waals surface area contributed by atoms with Gasteiger partial charge < -0.3 is 20.3 Å². The normalized spacial score (nSPS) is 11.9. The van der Waals surface area contributed by atoms with Gasteiger partial charge in [0, 0.05) is 36.6 Å². The van der Waals surface area contributed by atoms with Crippen molar-refractivity contribution in [3.05, 3.63) is 68.7 Å². The van der Waals surface area contributed by atoms with Crippen LogP contribution < -0.4 is 20.9 Å². The Bertz CT molecular complexity index is 1470. The van der Waals surface area contributed by atoms with Crippen LogP contribution >= 0.6 is 15.9 Å². The Morgan fingerprint density at radius 1 is 1.14 bits per heavy atom. The van der Waals surface area contributed by atoms with Gasteiger partial charge in [-0.3, -0.25) is 19.1 Å². The number of rotatable bonds is 13. The largest absolute Gasteiger partial charge is 0.477 e. The molecule has 0 aliphatic heterocycles. The Labute approximate surface area is 258 Å². The van der Waals surface area contributed by atoms with E-state index in [9.17, 15) is 14.4 Å². The zero-order valence-corrected chi connectivity index (χ0v) is 26.2. The Morgan fingerprint density at radius 3 is 2.40 bits per heavy atom. The molecular formula is C28H34B3BrN6O4. The van der Waals surface area contributed by atoms with Crippen LogP contribution in [-0.4, -0.2) is 88.4 Å². The number of amides is 2. The van der Waals surface area contributed by atoms with Crippen LogP contribution in [0.2, 0.25) is 0 Å². The maximum Gasteiger partial charge on any atom is 0.295 e. The molecule has 10 nitrogen and oxygen atoms in total.